The number of hydrogen-bond acceptors (Lipinski definition) is 3. The van der Waals surface area contributed by atoms with Crippen molar-refractivity contribution in [2.45, 2.75) is 71.9 Å². The number of nitrogens with one attached hydrogen (secondary N) is 1. The van der Waals surface area contributed by atoms with Crippen molar-refractivity contribution in [1.82, 2.24) is 15.2 Å². The molecule has 0 bridgehead atoms. The van der Waals surface area contributed by atoms with Crippen molar-refractivity contribution in [3.63, 3.8) is 0 Å². The Morgan fingerprint density at radius 2 is 2.19 bits per heavy atom. The Morgan fingerprint density at radius 3 is 2.81 bits per heavy atom. The van der Waals surface area contributed by atoms with Crippen LogP contribution in [0.4, 0.5) is 0 Å². The lowest BCUT2D eigenvalue weighted by Crippen LogP contribution is -2.44. The molecule has 120 valence electrons. The second-order valence-electron chi connectivity index (χ2n) is 6.34. The van der Waals surface area contributed by atoms with E-state index in [0.29, 0.717) is 12.0 Å². The summed E-state index contributed by atoms with van der Waals surface area (Å²) in [4.78, 5) is 0. The highest BCUT2D eigenvalue weighted by Crippen LogP contribution is 2.34. The number of halogens is 1. The van der Waals surface area contributed by atoms with Crippen molar-refractivity contribution in [1.29, 1.82) is 0 Å². The Hall–Kier alpha value is -0.580. The maximum Gasteiger partial charge on any atom is 0.0847 e. The Bertz CT molecular complexity index is 457. The fraction of sp³-hybridized carbons (Fsp3) is 0.812. The van der Waals surface area contributed by atoms with Gasteiger partial charge in [0.15, 0.2) is 0 Å². The fourth-order valence-corrected chi connectivity index (χ4v) is 3.92. The number of aromatic nitrogens is 2. The number of nitrogens with two attached hydrogens (primary N) is 1. The molecule has 1 saturated carbocycles. The van der Waals surface area contributed by atoms with E-state index in [1.165, 1.54) is 32.1 Å². The van der Waals surface area contributed by atoms with Crippen LogP contribution in [0.5, 0.6) is 0 Å². The molecule has 0 aliphatic heterocycles. The fourth-order valence-electron chi connectivity index (χ4n) is 3.70. The highest BCUT2D eigenvalue weighted by molar-refractivity contribution is 6.31. The van der Waals surface area contributed by atoms with E-state index >= 15 is 0 Å². The van der Waals surface area contributed by atoms with E-state index in [0.717, 1.165) is 35.3 Å². The van der Waals surface area contributed by atoms with Gasteiger partial charge in [-0.05, 0) is 38.5 Å². The minimum atomic E-state index is 0.290. The lowest BCUT2D eigenvalue weighted by Gasteiger charge is -2.34. The zero-order chi connectivity index (χ0) is 15.4. The Kier molecular flexibility index (Phi) is 6.08. The second-order valence-corrected chi connectivity index (χ2v) is 6.72. The van der Waals surface area contributed by atoms with Crippen LogP contribution in [0.2, 0.25) is 5.02 Å². The largest absolute Gasteiger partial charge is 0.271 e. The standard InChI is InChI=1S/C16H29ClN4/c1-4-12-7-6-8-13(9-12)14(19-18)10-15-16(17)11(3)20-21(15)5-2/h12-14,19H,4-10,18H2,1-3H3. The smallest absolute Gasteiger partial charge is 0.0847 e. The lowest BCUT2D eigenvalue weighted by atomic mass is 9.76. The lowest BCUT2D eigenvalue weighted by molar-refractivity contribution is 0.206. The number of aryl methyl sites for hydroxylation is 2. The van der Waals surface area contributed by atoms with Gasteiger partial charge in [-0.3, -0.25) is 16.0 Å². The first-order chi connectivity index (χ1) is 10.1. The number of nitrogens with zero attached hydrogens (tertiary/aromatic N) is 2. The third-order valence-electron chi connectivity index (χ3n) is 5.05. The minimum absolute atomic E-state index is 0.290. The summed E-state index contributed by atoms with van der Waals surface area (Å²) in [5, 5.41) is 5.31. The van der Waals surface area contributed by atoms with Crippen LogP contribution >= 0.6 is 11.6 Å². The number of hydrogen-bond donors (Lipinski definition) is 2. The normalized spacial score (nSPS) is 24.2. The molecule has 21 heavy (non-hydrogen) atoms. The van der Waals surface area contributed by atoms with Gasteiger partial charge in [-0.15, -0.1) is 0 Å². The minimum Gasteiger partial charge on any atom is -0.271 e. The van der Waals surface area contributed by atoms with Crippen molar-refractivity contribution >= 4 is 11.6 Å². The van der Waals surface area contributed by atoms with Gasteiger partial charge in [-0.25, -0.2) is 0 Å². The van der Waals surface area contributed by atoms with Crippen LogP contribution < -0.4 is 11.3 Å². The molecule has 1 aromatic heterocycles. The molecule has 4 nitrogen and oxygen atoms in total. The number of hydrazine groups is 1. The molecule has 3 N–H and O–H groups in total. The van der Waals surface area contributed by atoms with E-state index in [1.807, 2.05) is 11.6 Å². The molecule has 5 heteroatoms. The Morgan fingerprint density at radius 1 is 1.43 bits per heavy atom. The molecular formula is C16H29ClN4. The van der Waals surface area contributed by atoms with E-state index in [-0.39, 0.29) is 0 Å². The molecule has 2 rings (SSSR count). The van der Waals surface area contributed by atoms with Gasteiger partial charge in [0.05, 0.1) is 16.4 Å². The average molecular weight is 313 g/mol. The molecule has 3 unspecified atom stereocenters. The molecule has 1 aliphatic rings. The van der Waals surface area contributed by atoms with Gasteiger partial charge in [-0.1, -0.05) is 37.8 Å². The second kappa shape index (κ2) is 7.61. The molecule has 1 aliphatic carbocycles. The third-order valence-corrected chi connectivity index (χ3v) is 5.54. The van der Waals surface area contributed by atoms with Crippen molar-refractivity contribution in [2.75, 3.05) is 0 Å². The average Bonchev–Trinajstić information content (AvgIpc) is 2.79. The zero-order valence-corrected chi connectivity index (χ0v) is 14.3. The van der Waals surface area contributed by atoms with Crippen LogP contribution in [-0.4, -0.2) is 15.8 Å². The Balaban J connectivity index is 2.12. The van der Waals surface area contributed by atoms with Crippen LogP contribution in [0.3, 0.4) is 0 Å². The summed E-state index contributed by atoms with van der Waals surface area (Å²) in [7, 11) is 0. The van der Waals surface area contributed by atoms with Crippen LogP contribution in [0.1, 0.15) is 57.3 Å². The summed E-state index contributed by atoms with van der Waals surface area (Å²) in [6.07, 6.45) is 7.38. The van der Waals surface area contributed by atoms with Gasteiger partial charge in [0.2, 0.25) is 0 Å². The van der Waals surface area contributed by atoms with Crippen LogP contribution in [0.15, 0.2) is 0 Å². The third kappa shape index (κ3) is 3.79. The van der Waals surface area contributed by atoms with Gasteiger partial charge in [0.1, 0.15) is 0 Å². The maximum absolute atomic E-state index is 6.44. The van der Waals surface area contributed by atoms with Gasteiger partial charge in [0, 0.05) is 19.0 Å². The molecule has 0 spiro atoms. The van der Waals surface area contributed by atoms with Gasteiger partial charge < -0.3 is 0 Å². The molecule has 1 fully saturated rings. The van der Waals surface area contributed by atoms with Gasteiger partial charge >= 0.3 is 0 Å². The first kappa shape index (κ1) is 16.8. The highest BCUT2D eigenvalue weighted by atomic mass is 35.5. The summed E-state index contributed by atoms with van der Waals surface area (Å²) in [6, 6.07) is 0.290. The molecule has 0 saturated heterocycles. The van der Waals surface area contributed by atoms with E-state index < -0.39 is 0 Å². The van der Waals surface area contributed by atoms with E-state index in [9.17, 15) is 0 Å². The zero-order valence-electron chi connectivity index (χ0n) is 13.5. The maximum atomic E-state index is 6.44. The SMILES string of the molecule is CCC1CCCC(C(Cc2c(Cl)c(C)nn2CC)NN)C1. The summed E-state index contributed by atoms with van der Waals surface area (Å²) in [6.45, 7) is 7.22. The van der Waals surface area contributed by atoms with Crippen LogP contribution in [0.25, 0.3) is 0 Å². The molecular weight excluding hydrogens is 284 g/mol. The Labute approximate surface area is 133 Å². The van der Waals surface area contributed by atoms with Crippen molar-refractivity contribution in [3.8, 4) is 0 Å². The quantitative estimate of drug-likeness (QED) is 0.625. The molecule has 1 heterocycles. The molecule has 0 amide bonds. The first-order valence-corrected chi connectivity index (χ1v) is 8.66. The molecule has 0 radical (unpaired) electrons. The van der Waals surface area contributed by atoms with E-state index in [1.54, 1.807) is 0 Å². The van der Waals surface area contributed by atoms with Crippen molar-refractivity contribution in [2.24, 2.45) is 17.7 Å². The topological polar surface area (TPSA) is 55.9 Å². The highest BCUT2D eigenvalue weighted by Gasteiger charge is 2.29. The monoisotopic (exact) mass is 312 g/mol. The summed E-state index contributed by atoms with van der Waals surface area (Å²) in [5.41, 5.74) is 5.09. The summed E-state index contributed by atoms with van der Waals surface area (Å²) >= 11 is 6.44. The predicted molar refractivity (Wildman–Crippen MR) is 88.2 cm³/mol. The van der Waals surface area contributed by atoms with Gasteiger partial charge in [0.25, 0.3) is 0 Å². The summed E-state index contributed by atoms with van der Waals surface area (Å²) < 4.78 is 2.02. The van der Waals surface area contributed by atoms with Gasteiger partial charge in [-0.2, -0.15) is 5.10 Å². The first-order valence-electron chi connectivity index (χ1n) is 8.28. The molecule has 3 atom stereocenters. The van der Waals surface area contributed by atoms with E-state index in [2.05, 4.69) is 24.4 Å². The number of rotatable bonds is 6. The van der Waals surface area contributed by atoms with Crippen LogP contribution in [0, 0.1) is 18.8 Å². The molecule has 1 aromatic rings. The predicted octanol–water partition coefficient (Wildman–Crippen LogP) is 3.46. The van der Waals surface area contributed by atoms with E-state index in [4.69, 9.17) is 17.4 Å². The summed E-state index contributed by atoms with van der Waals surface area (Å²) in [5.74, 6) is 7.36. The van der Waals surface area contributed by atoms with Crippen LogP contribution in [-0.2, 0) is 13.0 Å². The van der Waals surface area contributed by atoms with Crippen molar-refractivity contribution in [3.05, 3.63) is 16.4 Å². The van der Waals surface area contributed by atoms with Crippen molar-refractivity contribution < 1.29 is 0 Å². The molecule has 0 aromatic carbocycles.